The molecular formula is C10H11BrFNOS. The molecule has 0 bridgehead atoms. The second-order valence-corrected chi connectivity index (χ2v) is 6.92. The van der Waals surface area contributed by atoms with E-state index in [1.54, 1.807) is 0 Å². The van der Waals surface area contributed by atoms with Crippen LogP contribution in [0.2, 0.25) is 0 Å². The maximum absolute atomic E-state index is 13.0. The molecule has 1 aromatic rings. The van der Waals surface area contributed by atoms with Crippen molar-refractivity contribution in [2.45, 2.75) is 29.4 Å². The first-order chi connectivity index (χ1) is 7.01. The minimum absolute atomic E-state index is 0.0464. The minimum atomic E-state index is -2.74. The summed E-state index contributed by atoms with van der Waals surface area (Å²) in [5.74, 6) is -0.387. The molecule has 0 radical (unpaired) electrons. The lowest BCUT2D eigenvalue weighted by Crippen LogP contribution is -2.27. The molecule has 0 spiro atoms. The number of hydrogen-bond acceptors (Lipinski definition) is 2. The molecule has 0 aliphatic heterocycles. The summed E-state index contributed by atoms with van der Waals surface area (Å²) >= 11 is 3.04. The van der Waals surface area contributed by atoms with Crippen LogP contribution >= 0.6 is 15.9 Å². The van der Waals surface area contributed by atoms with Crippen molar-refractivity contribution >= 4 is 25.7 Å². The number of rotatable bonds is 2. The van der Waals surface area contributed by atoms with E-state index in [-0.39, 0.29) is 15.5 Å². The van der Waals surface area contributed by atoms with E-state index in [0.717, 1.165) is 19.3 Å². The fourth-order valence-electron chi connectivity index (χ4n) is 1.56. The van der Waals surface area contributed by atoms with Gasteiger partial charge in [0.25, 0.3) is 0 Å². The Balaban J connectivity index is 2.40. The Hall–Kier alpha value is -0.420. The highest BCUT2D eigenvalue weighted by atomic mass is 79.9. The summed E-state index contributed by atoms with van der Waals surface area (Å²) in [5, 5.41) is -0.0464. The van der Waals surface area contributed by atoms with Crippen molar-refractivity contribution in [2.24, 2.45) is 0 Å². The van der Waals surface area contributed by atoms with Gasteiger partial charge in [-0.05, 0) is 47.0 Å². The Morgan fingerprint density at radius 3 is 2.60 bits per heavy atom. The monoisotopic (exact) mass is 291 g/mol. The van der Waals surface area contributed by atoms with Crippen LogP contribution in [0.4, 0.5) is 4.39 Å². The van der Waals surface area contributed by atoms with E-state index < -0.39 is 9.73 Å². The summed E-state index contributed by atoms with van der Waals surface area (Å²) in [6, 6.07) is 4.17. The summed E-state index contributed by atoms with van der Waals surface area (Å²) < 4.78 is 33.3. The number of halogens is 2. The highest BCUT2D eigenvalue weighted by Crippen LogP contribution is 2.32. The van der Waals surface area contributed by atoms with Gasteiger partial charge in [0.1, 0.15) is 5.82 Å². The molecule has 1 saturated carbocycles. The lowest BCUT2D eigenvalue weighted by molar-refractivity contribution is 0.499. The number of hydrogen-bond donors (Lipinski definition) is 1. The van der Waals surface area contributed by atoms with Crippen molar-refractivity contribution in [3.8, 4) is 0 Å². The quantitative estimate of drug-likeness (QED) is 0.889. The minimum Gasteiger partial charge on any atom is -0.249 e. The molecule has 1 aliphatic rings. The summed E-state index contributed by atoms with van der Waals surface area (Å²) in [6.45, 7) is 0. The molecule has 82 valence electrons. The summed E-state index contributed by atoms with van der Waals surface area (Å²) in [6.07, 6.45) is 2.73. The van der Waals surface area contributed by atoms with Crippen LogP contribution in [0.5, 0.6) is 0 Å². The molecule has 1 atom stereocenters. The molecule has 1 fully saturated rings. The van der Waals surface area contributed by atoms with Crippen LogP contribution in [0.3, 0.4) is 0 Å². The molecule has 15 heavy (non-hydrogen) atoms. The topological polar surface area (TPSA) is 40.9 Å². The van der Waals surface area contributed by atoms with Crippen LogP contribution < -0.4 is 0 Å². The van der Waals surface area contributed by atoms with Gasteiger partial charge in [-0.2, -0.15) is 0 Å². The molecule has 0 saturated heterocycles. The van der Waals surface area contributed by atoms with Gasteiger partial charge in [-0.1, -0.05) is 6.42 Å². The highest BCUT2D eigenvalue weighted by molar-refractivity contribution is 9.10. The first-order valence-electron chi connectivity index (χ1n) is 4.74. The van der Waals surface area contributed by atoms with Gasteiger partial charge < -0.3 is 0 Å². The molecule has 0 amide bonds. The Bertz CT molecular complexity index is 482. The SMILES string of the molecule is N=S(=O)(c1ccc(F)c(Br)c1)C1CCC1. The van der Waals surface area contributed by atoms with Gasteiger partial charge in [0.15, 0.2) is 0 Å². The van der Waals surface area contributed by atoms with Crippen LogP contribution in [0.1, 0.15) is 19.3 Å². The molecule has 2 nitrogen and oxygen atoms in total. The van der Waals surface area contributed by atoms with Crippen LogP contribution in [0.15, 0.2) is 27.6 Å². The first-order valence-corrected chi connectivity index (χ1v) is 7.16. The van der Waals surface area contributed by atoms with E-state index in [1.165, 1.54) is 18.2 Å². The second-order valence-electron chi connectivity index (χ2n) is 3.73. The number of benzene rings is 1. The standard InChI is InChI=1S/C10H11BrFNOS/c11-9-6-8(4-5-10(9)12)15(13,14)7-2-1-3-7/h4-7,13H,1-3H2. The molecule has 0 aromatic heterocycles. The molecule has 5 heteroatoms. The second kappa shape index (κ2) is 3.87. The lowest BCUT2D eigenvalue weighted by atomic mass is 10.00. The van der Waals surface area contributed by atoms with Crippen molar-refractivity contribution in [2.75, 3.05) is 0 Å². The molecule has 1 aromatic carbocycles. The first kappa shape index (κ1) is 11.1. The predicted octanol–water partition coefficient (Wildman–Crippen LogP) is 3.55. The van der Waals surface area contributed by atoms with Gasteiger partial charge in [-0.3, -0.25) is 0 Å². The molecular weight excluding hydrogens is 281 g/mol. The van der Waals surface area contributed by atoms with E-state index in [4.69, 9.17) is 4.78 Å². The van der Waals surface area contributed by atoms with E-state index in [0.29, 0.717) is 4.90 Å². The largest absolute Gasteiger partial charge is 0.249 e. The van der Waals surface area contributed by atoms with Crippen molar-refractivity contribution in [3.63, 3.8) is 0 Å². The van der Waals surface area contributed by atoms with Gasteiger partial charge in [-0.15, -0.1) is 0 Å². The van der Waals surface area contributed by atoms with Crippen LogP contribution in [0.25, 0.3) is 0 Å². The van der Waals surface area contributed by atoms with Crippen molar-refractivity contribution in [1.82, 2.24) is 0 Å². The Morgan fingerprint density at radius 1 is 1.47 bits per heavy atom. The van der Waals surface area contributed by atoms with Gasteiger partial charge >= 0.3 is 0 Å². The van der Waals surface area contributed by atoms with Crippen LogP contribution in [-0.2, 0) is 9.73 Å². The van der Waals surface area contributed by atoms with Crippen LogP contribution in [0, 0.1) is 10.6 Å². The van der Waals surface area contributed by atoms with Crippen molar-refractivity contribution < 1.29 is 8.60 Å². The van der Waals surface area contributed by atoms with E-state index in [1.807, 2.05) is 0 Å². The van der Waals surface area contributed by atoms with Crippen LogP contribution in [-0.4, -0.2) is 9.46 Å². The molecule has 1 N–H and O–H groups in total. The van der Waals surface area contributed by atoms with Crippen molar-refractivity contribution in [3.05, 3.63) is 28.5 Å². The van der Waals surface area contributed by atoms with E-state index >= 15 is 0 Å². The summed E-state index contributed by atoms with van der Waals surface area (Å²) in [4.78, 5) is 0.431. The zero-order valence-electron chi connectivity index (χ0n) is 8.00. The predicted molar refractivity (Wildman–Crippen MR) is 60.9 cm³/mol. The highest BCUT2D eigenvalue weighted by Gasteiger charge is 2.29. The lowest BCUT2D eigenvalue weighted by Gasteiger charge is -2.27. The maximum Gasteiger partial charge on any atom is 0.137 e. The average Bonchev–Trinajstić information content (AvgIpc) is 2.05. The zero-order chi connectivity index (χ0) is 11.1. The van der Waals surface area contributed by atoms with E-state index in [2.05, 4.69) is 15.9 Å². The van der Waals surface area contributed by atoms with Gasteiger partial charge in [0, 0.05) is 10.1 Å². The molecule has 1 aliphatic carbocycles. The Labute approximate surface area is 97.0 Å². The molecule has 2 rings (SSSR count). The summed E-state index contributed by atoms with van der Waals surface area (Å²) in [5.41, 5.74) is 0. The third-order valence-corrected chi connectivity index (χ3v) is 5.74. The maximum atomic E-state index is 13.0. The van der Waals surface area contributed by atoms with Gasteiger partial charge in [-0.25, -0.2) is 13.4 Å². The summed E-state index contributed by atoms with van der Waals surface area (Å²) in [7, 11) is -2.74. The fraction of sp³-hybridized carbons (Fsp3) is 0.400. The van der Waals surface area contributed by atoms with Crippen molar-refractivity contribution in [1.29, 1.82) is 4.78 Å². The fourth-order valence-corrected chi connectivity index (χ4v) is 4.04. The zero-order valence-corrected chi connectivity index (χ0v) is 10.4. The smallest absolute Gasteiger partial charge is 0.137 e. The third kappa shape index (κ3) is 1.95. The van der Waals surface area contributed by atoms with Gasteiger partial charge in [0.05, 0.1) is 14.2 Å². The number of nitrogens with one attached hydrogen (secondary N) is 1. The Morgan fingerprint density at radius 2 is 2.13 bits per heavy atom. The third-order valence-electron chi connectivity index (χ3n) is 2.76. The Kier molecular flexibility index (Phi) is 2.85. The molecule has 1 unspecified atom stereocenters. The van der Waals surface area contributed by atoms with Gasteiger partial charge in [0.2, 0.25) is 0 Å². The molecule has 0 heterocycles. The normalized spacial score (nSPS) is 20.7. The average molecular weight is 292 g/mol. The van der Waals surface area contributed by atoms with E-state index in [9.17, 15) is 8.60 Å².